The van der Waals surface area contributed by atoms with E-state index in [2.05, 4.69) is 10.6 Å². The van der Waals surface area contributed by atoms with Crippen LogP contribution in [0.5, 0.6) is 0 Å². The second-order valence-electron chi connectivity index (χ2n) is 4.60. The molecule has 2 N–H and O–H groups in total. The summed E-state index contributed by atoms with van der Waals surface area (Å²) in [5, 5.41) is 5.68. The van der Waals surface area contributed by atoms with Crippen LogP contribution in [0.1, 0.15) is 32.3 Å². The Morgan fingerprint density at radius 1 is 1.39 bits per heavy atom. The van der Waals surface area contributed by atoms with Gasteiger partial charge in [-0.05, 0) is 36.6 Å². The molecule has 0 spiro atoms. The first kappa shape index (κ1) is 12.6. The van der Waals surface area contributed by atoms with Crippen molar-refractivity contribution in [2.75, 3.05) is 10.6 Å². The van der Waals surface area contributed by atoms with E-state index in [1.54, 1.807) is 0 Å². The molecule has 1 aliphatic rings. The molecular formula is C14H18N2O2. The van der Waals surface area contributed by atoms with Gasteiger partial charge >= 0.3 is 0 Å². The summed E-state index contributed by atoms with van der Waals surface area (Å²) in [5.41, 5.74) is 2.56. The van der Waals surface area contributed by atoms with Crippen molar-refractivity contribution < 1.29 is 9.59 Å². The van der Waals surface area contributed by atoms with Crippen LogP contribution in [0.15, 0.2) is 18.2 Å². The number of amides is 2. The van der Waals surface area contributed by atoms with Crippen molar-refractivity contribution in [1.29, 1.82) is 0 Å². The van der Waals surface area contributed by atoms with Crippen LogP contribution in [0.25, 0.3) is 0 Å². The number of carbonyl (C=O) groups excluding carboxylic acids is 2. The van der Waals surface area contributed by atoms with Crippen molar-refractivity contribution in [3.8, 4) is 0 Å². The molecule has 0 atom stereocenters. The fourth-order valence-electron chi connectivity index (χ4n) is 2.21. The molecule has 0 unspecified atom stereocenters. The molecule has 0 aliphatic carbocycles. The van der Waals surface area contributed by atoms with Crippen molar-refractivity contribution in [3.05, 3.63) is 23.8 Å². The van der Waals surface area contributed by atoms with Crippen LogP contribution in [0.4, 0.5) is 11.4 Å². The van der Waals surface area contributed by atoms with Gasteiger partial charge in [0.05, 0.1) is 6.42 Å². The van der Waals surface area contributed by atoms with E-state index in [9.17, 15) is 9.59 Å². The summed E-state index contributed by atoms with van der Waals surface area (Å²) < 4.78 is 0. The normalized spacial score (nSPS) is 13.4. The maximum Gasteiger partial charge on any atom is 0.228 e. The standard InChI is InChI=1S/C14H18N2O2/c1-3-9(4-2)14(18)15-11-5-6-12-10(7-11)8-13(17)16-12/h5-7,9H,3-4,8H2,1-2H3,(H,15,18)(H,16,17). The van der Waals surface area contributed by atoms with Gasteiger partial charge in [0.2, 0.25) is 11.8 Å². The zero-order valence-electron chi connectivity index (χ0n) is 10.7. The van der Waals surface area contributed by atoms with Crippen LogP contribution >= 0.6 is 0 Å². The molecule has 18 heavy (non-hydrogen) atoms. The molecule has 4 heteroatoms. The van der Waals surface area contributed by atoms with Gasteiger partial charge in [-0.1, -0.05) is 13.8 Å². The number of nitrogens with one attached hydrogen (secondary N) is 2. The zero-order valence-corrected chi connectivity index (χ0v) is 10.7. The third kappa shape index (κ3) is 2.53. The lowest BCUT2D eigenvalue weighted by molar-refractivity contribution is -0.120. The molecule has 1 aliphatic heterocycles. The number of hydrogen-bond donors (Lipinski definition) is 2. The predicted molar refractivity (Wildman–Crippen MR) is 71.5 cm³/mol. The van der Waals surface area contributed by atoms with E-state index in [1.165, 1.54) is 0 Å². The Morgan fingerprint density at radius 3 is 2.78 bits per heavy atom. The quantitative estimate of drug-likeness (QED) is 0.857. The molecule has 0 fully saturated rings. The molecule has 0 aromatic heterocycles. The molecular weight excluding hydrogens is 228 g/mol. The maximum atomic E-state index is 11.9. The molecule has 0 radical (unpaired) electrons. The van der Waals surface area contributed by atoms with Gasteiger partial charge in [-0.3, -0.25) is 9.59 Å². The van der Waals surface area contributed by atoms with Crippen molar-refractivity contribution >= 4 is 23.2 Å². The molecule has 1 aromatic carbocycles. The minimum atomic E-state index is 0.00784. The van der Waals surface area contributed by atoms with Crippen LogP contribution < -0.4 is 10.6 Å². The zero-order chi connectivity index (χ0) is 13.1. The molecule has 1 aromatic rings. The van der Waals surface area contributed by atoms with Crippen molar-refractivity contribution in [1.82, 2.24) is 0 Å². The maximum absolute atomic E-state index is 11.9. The first-order valence-corrected chi connectivity index (χ1v) is 6.37. The molecule has 96 valence electrons. The fraction of sp³-hybridized carbons (Fsp3) is 0.429. The lowest BCUT2D eigenvalue weighted by atomic mass is 10.0. The van der Waals surface area contributed by atoms with Gasteiger partial charge in [0.25, 0.3) is 0 Å². The van der Waals surface area contributed by atoms with Gasteiger partial charge in [0.15, 0.2) is 0 Å². The van der Waals surface area contributed by atoms with E-state index < -0.39 is 0 Å². The van der Waals surface area contributed by atoms with E-state index in [-0.39, 0.29) is 17.7 Å². The first-order chi connectivity index (χ1) is 8.63. The smallest absolute Gasteiger partial charge is 0.228 e. The Balaban J connectivity index is 2.09. The summed E-state index contributed by atoms with van der Waals surface area (Å²) in [6.45, 7) is 4.03. The largest absolute Gasteiger partial charge is 0.326 e. The van der Waals surface area contributed by atoms with Gasteiger partial charge in [0, 0.05) is 17.3 Å². The van der Waals surface area contributed by atoms with Gasteiger partial charge in [-0.25, -0.2) is 0 Å². The van der Waals surface area contributed by atoms with Crippen LogP contribution in [-0.4, -0.2) is 11.8 Å². The number of benzene rings is 1. The Bertz CT molecular complexity index is 479. The van der Waals surface area contributed by atoms with E-state index in [0.717, 1.165) is 29.8 Å². The van der Waals surface area contributed by atoms with Gasteiger partial charge in [-0.2, -0.15) is 0 Å². The van der Waals surface area contributed by atoms with Crippen LogP contribution in [0.2, 0.25) is 0 Å². The summed E-state index contributed by atoms with van der Waals surface area (Å²) in [4.78, 5) is 23.2. The molecule has 2 amide bonds. The first-order valence-electron chi connectivity index (χ1n) is 6.37. The number of fused-ring (bicyclic) bond motifs is 1. The second kappa shape index (κ2) is 5.21. The highest BCUT2D eigenvalue weighted by molar-refractivity contribution is 6.00. The lowest BCUT2D eigenvalue weighted by Crippen LogP contribution is -2.21. The van der Waals surface area contributed by atoms with E-state index >= 15 is 0 Å². The topological polar surface area (TPSA) is 58.2 Å². The SMILES string of the molecule is CCC(CC)C(=O)Nc1ccc2c(c1)CC(=O)N2. The van der Waals surface area contributed by atoms with Crippen molar-refractivity contribution in [2.45, 2.75) is 33.1 Å². The molecule has 1 heterocycles. The molecule has 0 saturated carbocycles. The minimum absolute atomic E-state index is 0.00784. The fourth-order valence-corrected chi connectivity index (χ4v) is 2.21. The number of carbonyl (C=O) groups is 2. The van der Waals surface area contributed by atoms with Crippen LogP contribution in [0, 0.1) is 5.92 Å². The highest BCUT2D eigenvalue weighted by atomic mass is 16.2. The molecule has 4 nitrogen and oxygen atoms in total. The monoisotopic (exact) mass is 246 g/mol. The Labute approximate surface area is 107 Å². The average Bonchev–Trinajstić information content (AvgIpc) is 2.70. The van der Waals surface area contributed by atoms with Gasteiger partial charge in [-0.15, -0.1) is 0 Å². The highest BCUT2D eigenvalue weighted by Crippen LogP contribution is 2.26. The van der Waals surface area contributed by atoms with Gasteiger partial charge < -0.3 is 10.6 Å². The van der Waals surface area contributed by atoms with Crippen LogP contribution in [-0.2, 0) is 16.0 Å². The Kier molecular flexibility index (Phi) is 3.65. The number of hydrogen-bond acceptors (Lipinski definition) is 2. The van der Waals surface area contributed by atoms with Gasteiger partial charge in [0.1, 0.15) is 0 Å². The molecule has 0 saturated heterocycles. The third-order valence-corrected chi connectivity index (χ3v) is 3.35. The van der Waals surface area contributed by atoms with E-state index in [4.69, 9.17) is 0 Å². The second-order valence-corrected chi connectivity index (χ2v) is 4.60. The highest BCUT2D eigenvalue weighted by Gasteiger charge is 2.19. The summed E-state index contributed by atoms with van der Waals surface area (Å²) in [5.74, 6) is 0.115. The molecule has 2 rings (SSSR count). The average molecular weight is 246 g/mol. The number of anilines is 2. The van der Waals surface area contributed by atoms with Crippen LogP contribution in [0.3, 0.4) is 0 Å². The number of rotatable bonds is 4. The van der Waals surface area contributed by atoms with Crippen molar-refractivity contribution in [3.63, 3.8) is 0 Å². The lowest BCUT2D eigenvalue weighted by Gasteiger charge is -2.13. The van der Waals surface area contributed by atoms with Crippen molar-refractivity contribution in [2.24, 2.45) is 5.92 Å². The van der Waals surface area contributed by atoms with E-state index in [1.807, 2.05) is 32.0 Å². The molecule has 0 bridgehead atoms. The summed E-state index contributed by atoms with van der Waals surface area (Å²) in [6.07, 6.45) is 2.07. The minimum Gasteiger partial charge on any atom is -0.326 e. The Hall–Kier alpha value is -1.84. The predicted octanol–water partition coefficient (Wildman–Crippen LogP) is 2.56. The summed E-state index contributed by atoms with van der Waals surface area (Å²) >= 11 is 0. The summed E-state index contributed by atoms with van der Waals surface area (Å²) in [6, 6.07) is 5.53. The summed E-state index contributed by atoms with van der Waals surface area (Å²) in [7, 11) is 0. The van der Waals surface area contributed by atoms with E-state index in [0.29, 0.717) is 6.42 Å². The Morgan fingerprint density at radius 2 is 2.11 bits per heavy atom. The third-order valence-electron chi connectivity index (χ3n) is 3.35.